The van der Waals surface area contributed by atoms with Crippen LogP contribution in [0, 0.1) is 0 Å². The van der Waals surface area contributed by atoms with Crippen LogP contribution >= 0.6 is 0 Å². The predicted octanol–water partition coefficient (Wildman–Crippen LogP) is 11.6. The van der Waals surface area contributed by atoms with Crippen molar-refractivity contribution in [3.63, 3.8) is 0 Å². The zero-order valence-corrected chi connectivity index (χ0v) is 28.5. The summed E-state index contributed by atoms with van der Waals surface area (Å²) in [7, 11) is 1.71. The van der Waals surface area contributed by atoms with Crippen LogP contribution in [0.1, 0.15) is 52.7 Å². The standard InChI is InChI=1S/C43H43N3O/c1-42(2,3)33-24-31(25-34(29-33)43(4,5)6)32-27-38(45-39(28-32)37-20-11-12-21-40(37)47-7)30-16-15-19-36(26-30)46(35-17-9-8-10-18-35)41-22-13-14-23-44-41/h8-29H,1-7H3. The number of benzene rings is 4. The average Bonchev–Trinajstić information content (AvgIpc) is 3.08. The van der Waals surface area contributed by atoms with Crippen molar-refractivity contribution in [3.05, 3.63) is 145 Å². The van der Waals surface area contributed by atoms with Crippen LogP contribution in [-0.2, 0) is 10.8 Å². The topological polar surface area (TPSA) is 38.2 Å². The number of anilines is 3. The molecule has 0 radical (unpaired) electrons. The van der Waals surface area contributed by atoms with Gasteiger partial charge in [-0.3, -0.25) is 4.90 Å². The minimum atomic E-state index is -0.00193. The van der Waals surface area contributed by atoms with Crippen LogP contribution in [0.5, 0.6) is 5.75 Å². The molecular formula is C43H43N3O. The molecule has 6 rings (SSSR count). The predicted molar refractivity (Wildman–Crippen MR) is 197 cm³/mol. The van der Waals surface area contributed by atoms with Crippen LogP contribution in [-0.4, -0.2) is 17.1 Å². The van der Waals surface area contributed by atoms with Crippen molar-refractivity contribution in [2.45, 2.75) is 52.4 Å². The van der Waals surface area contributed by atoms with Gasteiger partial charge in [0.15, 0.2) is 0 Å². The first-order valence-corrected chi connectivity index (χ1v) is 16.2. The van der Waals surface area contributed by atoms with Gasteiger partial charge in [-0.1, -0.05) is 108 Å². The van der Waals surface area contributed by atoms with Gasteiger partial charge in [-0.05, 0) is 93.7 Å². The zero-order chi connectivity index (χ0) is 33.2. The van der Waals surface area contributed by atoms with Gasteiger partial charge >= 0.3 is 0 Å². The van der Waals surface area contributed by atoms with Crippen LogP contribution in [0.25, 0.3) is 33.6 Å². The van der Waals surface area contributed by atoms with Crippen molar-refractivity contribution >= 4 is 17.2 Å². The second-order valence-corrected chi connectivity index (χ2v) is 14.0. The lowest BCUT2D eigenvalue weighted by molar-refractivity contribution is 0.416. The Morgan fingerprint density at radius 3 is 1.81 bits per heavy atom. The molecule has 2 aromatic heterocycles. The van der Waals surface area contributed by atoms with Crippen LogP contribution < -0.4 is 9.64 Å². The highest BCUT2D eigenvalue weighted by atomic mass is 16.5. The molecule has 4 heteroatoms. The number of aromatic nitrogens is 2. The lowest BCUT2D eigenvalue weighted by Gasteiger charge is -2.26. The van der Waals surface area contributed by atoms with E-state index >= 15 is 0 Å². The number of hydrogen-bond acceptors (Lipinski definition) is 4. The molecule has 0 unspecified atom stereocenters. The summed E-state index contributed by atoms with van der Waals surface area (Å²) < 4.78 is 5.81. The summed E-state index contributed by atoms with van der Waals surface area (Å²) in [5, 5.41) is 0. The summed E-state index contributed by atoms with van der Waals surface area (Å²) in [4.78, 5) is 12.2. The molecule has 0 aliphatic heterocycles. The van der Waals surface area contributed by atoms with E-state index in [1.165, 1.54) is 16.7 Å². The number of hydrogen-bond donors (Lipinski definition) is 0. The Labute approximate surface area is 279 Å². The number of methoxy groups -OCH3 is 1. The zero-order valence-electron chi connectivity index (χ0n) is 28.5. The fourth-order valence-electron chi connectivity index (χ4n) is 5.78. The third kappa shape index (κ3) is 6.97. The highest BCUT2D eigenvalue weighted by Gasteiger charge is 2.22. The van der Waals surface area contributed by atoms with E-state index in [2.05, 4.69) is 131 Å². The second kappa shape index (κ2) is 12.9. The summed E-state index contributed by atoms with van der Waals surface area (Å²) in [6.45, 7) is 13.7. The molecule has 2 heterocycles. The largest absolute Gasteiger partial charge is 0.496 e. The molecule has 0 N–H and O–H groups in total. The molecule has 0 aliphatic rings. The Balaban J connectivity index is 1.57. The van der Waals surface area contributed by atoms with E-state index in [1.807, 2.05) is 48.7 Å². The summed E-state index contributed by atoms with van der Waals surface area (Å²) in [5.41, 5.74) is 10.7. The van der Waals surface area contributed by atoms with E-state index in [1.54, 1.807) is 7.11 Å². The minimum Gasteiger partial charge on any atom is -0.496 e. The quantitative estimate of drug-likeness (QED) is 0.179. The summed E-state index contributed by atoms with van der Waals surface area (Å²) in [5.74, 6) is 1.64. The highest BCUT2D eigenvalue weighted by Crippen LogP contribution is 2.40. The first-order valence-electron chi connectivity index (χ1n) is 16.2. The fourth-order valence-corrected chi connectivity index (χ4v) is 5.78. The minimum absolute atomic E-state index is 0.00193. The normalized spacial score (nSPS) is 11.7. The van der Waals surface area contributed by atoms with Crippen molar-refractivity contribution in [2.24, 2.45) is 0 Å². The summed E-state index contributed by atoms with van der Waals surface area (Å²) in [6.07, 6.45) is 1.83. The monoisotopic (exact) mass is 617 g/mol. The smallest absolute Gasteiger partial charge is 0.137 e. The Kier molecular flexibility index (Phi) is 8.70. The first kappa shape index (κ1) is 31.7. The van der Waals surface area contributed by atoms with Gasteiger partial charge in [0.1, 0.15) is 11.6 Å². The number of nitrogens with zero attached hydrogens (tertiary/aromatic N) is 3. The van der Waals surface area contributed by atoms with Crippen LogP contribution in [0.4, 0.5) is 17.2 Å². The van der Waals surface area contributed by atoms with Gasteiger partial charge in [0, 0.05) is 28.7 Å². The van der Waals surface area contributed by atoms with Gasteiger partial charge in [0.25, 0.3) is 0 Å². The molecule has 0 fully saturated rings. The molecular weight excluding hydrogens is 574 g/mol. The van der Waals surface area contributed by atoms with E-state index in [0.29, 0.717) is 0 Å². The SMILES string of the molecule is COc1ccccc1-c1cc(-c2cc(C(C)(C)C)cc(C(C)(C)C)c2)cc(-c2cccc(N(c3ccccc3)c3ccccn3)c2)n1. The third-order valence-electron chi connectivity index (χ3n) is 8.50. The molecule has 236 valence electrons. The molecule has 0 atom stereocenters. The third-order valence-corrected chi connectivity index (χ3v) is 8.50. The van der Waals surface area contributed by atoms with Crippen molar-refractivity contribution < 1.29 is 4.74 Å². The van der Waals surface area contributed by atoms with Crippen molar-refractivity contribution in [2.75, 3.05) is 12.0 Å². The van der Waals surface area contributed by atoms with E-state index in [0.717, 1.165) is 51.0 Å². The molecule has 4 aromatic carbocycles. The van der Waals surface area contributed by atoms with Gasteiger partial charge < -0.3 is 4.74 Å². The Morgan fingerprint density at radius 2 is 1.15 bits per heavy atom. The average molecular weight is 618 g/mol. The molecule has 0 spiro atoms. The van der Waals surface area contributed by atoms with E-state index < -0.39 is 0 Å². The van der Waals surface area contributed by atoms with Crippen molar-refractivity contribution in [3.8, 4) is 39.4 Å². The molecule has 0 amide bonds. The molecule has 4 nitrogen and oxygen atoms in total. The lowest BCUT2D eigenvalue weighted by Crippen LogP contribution is -2.16. The maximum absolute atomic E-state index is 5.81. The Morgan fingerprint density at radius 1 is 0.532 bits per heavy atom. The van der Waals surface area contributed by atoms with Gasteiger partial charge in [0.05, 0.1) is 18.5 Å². The van der Waals surface area contributed by atoms with Crippen LogP contribution in [0.3, 0.4) is 0 Å². The molecule has 0 aliphatic carbocycles. The van der Waals surface area contributed by atoms with Crippen molar-refractivity contribution in [1.29, 1.82) is 0 Å². The first-order chi connectivity index (χ1) is 22.5. The highest BCUT2D eigenvalue weighted by molar-refractivity contribution is 5.82. The Bertz CT molecular complexity index is 1920. The van der Waals surface area contributed by atoms with Gasteiger partial charge in [-0.2, -0.15) is 0 Å². The fraction of sp³-hybridized carbons (Fsp3) is 0.209. The van der Waals surface area contributed by atoms with Crippen LogP contribution in [0.15, 0.2) is 134 Å². The van der Waals surface area contributed by atoms with Gasteiger partial charge in [-0.25, -0.2) is 9.97 Å². The van der Waals surface area contributed by atoms with Gasteiger partial charge in [-0.15, -0.1) is 0 Å². The van der Waals surface area contributed by atoms with Crippen molar-refractivity contribution in [1.82, 2.24) is 9.97 Å². The number of rotatable bonds is 7. The molecule has 0 saturated carbocycles. The molecule has 0 bridgehead atoms. The molecule has 6 aromatic rings. The summed E-state index contributed by atoms with van der Waals surface area (Å²) >= 11 is 0. The molecule has 47 heavy (non-hydrogen) atoms. The number of ether oxygens (including phenoxy) is 1. The van der Waals surface area contributed by atoms with E-state index in [4.69, 9.17) is 14.7 Å². The maximum Gasteiger partial charge on any atom is 0.137 e. The maximum atomic E-state index is 5.81. The lowest BCUT2D eigenvalue weighted by atomic mass is 9.79. The number of pyridine rings is 2. The Hall–Kier alpha value is -5.22. The number of para-hydroxylation sites is 2. The van der Waals surface area contributed by atoms with Crippen LogP contribution in [0.2, 0.25) is 0 Å². The summed E-state index contributed by atoms with van der Waals surface area (Å²) in [6, 6.07) is 44.5. The van der Waals surface area contributed by atoms with E-state index in [-0.39, 0.29) is 10.8 Å². The van der Waals surface area contributed by atoms with Gasteiger partial charge in [0.2, 0.25) is 0 Å². The molecule has 0 saturated heterocycles. The second-order valence-electron chi connectivity index (χ2n) is 14.0. The van der Waals surface area contributed by atoms with E-state index in [9.17, 15) is 0 Å².